The molecule has 5 nitrogen and oxygen atoms in total. The highest BCUT2D eigenvalue weighted by molar-refractivity contribution is 7.80. The fourth-order valence-corrected chi connectivity index (χ4v) is 2.01. The van der Waals surface area contributed by atoms with E-state index in [0.717, 1.165) is 12.2 Å². The maximum atomic E-state index is 11.3. The molecule has 6 heteroatoms. The summed E-state index contributed by atoms with van der Waals surface area (Å²) in [4.78, 5) is 17.8. The lowest BCUT2D eigenvalue weighted by atomic mass is 10.2. The number of nitrogens with zero attached hydrogens (tertiary/aromatic N) is 2. The van der Waals surface area contributed by atoms with E-state index in [4.69, 9.17) is 18.0 Å². The third kappa shape index (κ3) is 2.71. The summed E-state index contributed by atoms with van der Waals surface area (Å²) in [7, 11) is 0. The van der Waals surface area contributed by atoms with Gasteiger partial charge in [-0.15, -0.1) is 0 Å². The molecule has 1 fully saturated rings. The quantitative estimate of drug-likeness (QED) is 0.725. The van der Waals surface area contributed by atoms with Gasteiger partial charge in [0.15, 0.2) is 0 Å². The average Bonchev–Trinajstić information content (AvgIpc) is 2.54. The lowest BCUT2D eigenvalue weighted by Crippen LogP contribution is -2.30. The normalized spacial score (nSPS) is 16.2. The van der Waals surface area contributed by atoms with Gasteiger partial charge in [0.2, 0.25) is 5.91 Å². The molecular weight excluding hydrogens is 236 g/mol. The van der Waals surface area contributed by atoms with Crippen molar-refractivity contribution in [1.82, 2.24) is 10.3 Å². The van der Waals surface area contributed by atoms with Crippen LogP contribution < -0.4 is 16.0 Å². The number of amides is 1. The molecule has 0 aliphatic carbocycles. The molecule has 1 aromatic heterocycles. The van der Waals surface area contributed by atoms with Crippen molar-refractivity contribution in [3.63, 3.8) is 0 Å². The smallest absolute Gasteiger partial charge is 0.221 e. The van der Waals surface area contributed by atoms with Crippen molar-refractivity contribution >= 4 is 28.8 Å². The second-order valence-electron chi connectivity index (χ2n) is 3.82. The Balaban J connectivity index is 2.26. The largest absolute Gasteiger partial charge is 0.388 e. The zero-order valence-corrected chi connectivity index (χ0v) is 10.2. The Hall–Kier alpha value is -1.69. The molecule has 1 aromatic rings. The molecule has 1 saturated heterocycles. The predicted molar refractivity (Wildman–Crippen MR) is 70.0 cm³/mol. The summed E-state index contributed by atoms with van der Waals surface area (Å²) < 4.78 is 0. The molecule has 1 aliphatic rings. The Kier molecular flexibility index (Phi) is 3.53. The van der Waals surface area contributed by atoms with Gasteiger partial charge in [0, 0.05) is 32.3 Å². The summed E-state index contributed by atoms with van der Waals surface area (Å²) in [6.45, 7) is 2.03. The lowest BCUT2D eigenvalue weighted by Gasteiger charge is -2.23. The van der Waals surface area contributed by atoms with Crippen LogP contribution in [0.25, 0.3) is 0 Å². The molecule has 0 spiro atoms. The Morgan fingerprint density at radius 2 is 2.35 bits per heavy atom. The molecule has 0 radical (unpaired) electrons. The number of carbonyl (C=O) groups is 1. The second kappa shape index (κ2) is 5.09. The molecule has 1 amide bonds. The van der Waals surface area contributed by atoms with Crippen molar-refractivity contribution in [2.45, 2.75) is 6.42 Å². The van der Waals surface area contributed by atoms with Crippen LogP contribution in [0.5, 0.6) is 0 Å². The van der Waals surface area contributed by atoms with Gasteiger partial charge in [-0.3, -0.25) is 9.78 Å². The molecule has 2 heterocycles. The van der Waals surface area contributed by atoms with E-state index < -0.39 is 0 Å². The van der Waals surface area contributed by atoms with Gasteiger partial charge in [-0.2, -0.15) is 0 Å². The van der Waals surface area contributed by atoms with Crippen LogP contribution in [0.1, 0.15) is 12.1 Å². The fourth-order valence-electron chi connectivity index (χ4n) is 1.85. The lowest BCUT2D eigenvalue weighted by molar-refractivity contribution is -0.120. The number of pyridine rings is 1. The maximum Gasteiger partial charge on any atom is 0.221 e. The van der Waals surface area contributed by atoms with E-state index in [1.165, 1.54) is 0 Å². The van der Waals surface area contributed by atoms with Crippen molar-refractivity contribution in [2.24, 2.45) is 5.73 Å². The van der Waals surface area contributed by atoms with Gasteiger partial charge in [-0.05, 0) is 12.1 Å². The molecule has 90 valence electrons. The Bertz CT molecular complexity index is 449. The van der Waals surface area contributed by atoms with Crippen molar-refractivity contribution in [3.8, 4) is 0 Å². The van der Waals surface area contributed by atoms with Crippen LogP contribution in [0.15, 0.2) is 18.3 Å². The topological polar surface area (TPSA) is 71.2 Å². The molecule has 0 unspecified atom stereocenters. The van der Waals surface area contributed by atoms with E-state index in [-0.39, 0.29) is 10.9 Å². The molecule has 0 saturated carbocycles. The third-order valence-electron chi connectivity index (χ3n) is 2.67. The predicted octanol–water partition coefficient (Wildman–Crippen LogP) is 0.0421. The van der Waals surface area contributed by atoms with Crippen LogP contribution in [0.2, 0.25) is 0 Å². The van der Waals surface area contributed by atoms with Crippen LogP contribution in [-0.4, -0.2) is 35.5 Å². The van der Waals surface area contributed by atoms with Crippen LogP contribution >= 0.6 is 12.2 Å². The summed E-state index contributed by atoms with van der Waals surface area (Å²) in [6.07, 6.45) is 2.14. The number of rotatable bonds is 2. The van der Waals surface area contributed by atoms with Crippen molar-refractivity contribution in [1.29, 1.82) is 0 Å². The van der Waals surface area contributed by atoms with Crippen molar-refractivity contribution in [3.05, 3.63) is 24.0 Å². The van der Waals surface area contributed by atoms with E-state index in [2.05, 4.69) is 15.2 Å². The van der Waals surface area contributed by atoms with Crippen LogP contribution in [0, 0.1) is 0 Å². The standard InChI is InChI=1S/C11H14N4OS/c12-11(17)10-8(2-1-4-14-10)15-6-3-9(16)13-5-7-15/h1-2,4H,3,5-7H2,(H2,12,17)(H,13,16). The molecule has 2 rings (SSSR count). The number of hydrogen-bond acceptors (Lipinski definition) is 4. The molecule has 0 atom stereocenters. The first-order chi connectivity index (χ1) is 8.18. The molecular formula is C11H14N4OS. The number of thiocarbonyl (C=S) groups is 1. The molecule has 1 aliphatic heterocycles. The monoisotopic (exact) mass is 250 g/mol. The van der Waals surface area contributed by atoms with Gasteiger partial charge in [0.1, 0.15) is 10.7 Å². The van der Waals surface area contributed by atoms with Gasteiger partial charge in [0.05, 0.1) is 5.69 Å². The summed E-state index contributed by atoms with van der Waals surface area (Å²) in [5, 5.41) is 2.83. The van der Waals surface area contributed by atoms with Crippen LogP contribution in [0.3, 0.4) is 0 Å². The second-order valence-corrected chi connectivity index (χ2v) is 4.26. The summed E-state index contributed by atoms with van der Waals surface area (Å²) >= 11 is 4.98. The Morgan fingerprint density at radius 1 is 1.53 bits per heavy atom. The first-order valence-electron chi connectivity index (χ1n) is 5.45. The van der Waals surface area contributed by atoms with Crippen molar-refractivity contribution in [2.75, 3.05) is 24.5 Å². The number of aromatic nitrogens is 1. The summed E-state index contributed by atoms with van der Waals surface area (Å²) in [6, 6.07) is 3.77. The SMILES string of the molecule is NC(=S)c1ncccc1N1CCNC(=O)CC1. The summed E-state index contributed by atoms with van der Waals surface area (Å²) in [5.74, 6) is 0.0771. The Labute approximate surface area is 105 Å². The first-order valence-corrected chi connectivity index (χ1v) is 5.86. The van der Waals surface area contributed by atoms with E-state index in [0.29, 0.717) is 25.2 Å². The fraction of sp³-hybridized carbons (Fsp3) is 0.364. The number of nitrogens with two attached hydrogens (primary N) is 1. The third-order valence-corrected chi connectivity index (χ3v) is 2.87. The average molecular weight is 250 g/mol. The highest BCUT2D eigenvalue weighted by Gasteiger charge is 2.17. The first kappa shape index (κ1) is 11.8. The number of hydrogen-bond donors (Lipinski definition) is 2. The maximum absolute atomic E-state index is 11.3. The Morgan fingerprint density at radius 3 is 3.12 bits per heavy atom. The van der Waals surface area contributed by atoms with Gasteiger partial charge in [0.25, 0.3) is 0 Å². The zero-order chi connectivity index (χ0) is 12.3. The van der Waals surface area contributed by atoms with Crippen LogP contribution in [0.4, 0.5) is 5.69 Å². The minimum atomic E-state index is 0.0771. The van der Waals surface area contributed by atoms with Crippen LogP contribution in [-0.2, 0) is 4.79 Å². The van der Waals surface area contributed by atoms with Gasteiger partial charge in [-0.1, -0.05) is 12.2 Å². The molecule has 3 N–H and O–H groups in total. The van der Waals surface area contributed by atoms with Gasteiger partial charge >= 0.3 is 0 Å². The highest BCUT2D eigenvalue weighted by atomic mass is 32.1. The van der Waals surface area contributed by atoms with Crippen molar-refractivity contribution < 1.29 is 4.79 Å². The van der Waals surface area contributed by atoms with E-state index in [1.54, 1.807) is 6.20 Å². The summed E-state index contributed by atoms with van der Waals surface area (Å²) in [5.41, 5.74) is 7.17. The molecule has 17 heavy (non-hydrogen) atoms. The minimum absolute atomic E-state index is 0.0771. The number of carbonyl (C=O) groups excluding carboxylic acids is 1. The van der Waals surface area contributed by atoms with E-state index >= 15 is 0 Å². The number of anilines is 1. The molecule has 0 aromatic carbocycles. The van der Waals surface area contributed by atoms with E-state index in [9.17, 15) is 4.79 Å². The number of nitrogens with one attached hydrogen (secondary N) is 1. The van der Waals surface area contributed by atoms with Gasteiger partial charge in [-0.25, -0.2) is 0 Å². The minimum Gasteiger partial charge on any atom is -0.388 e. The van der Waals surface area contributed by atoms with Gasteiger partial charge < -0.3 is 16.0 Å². The highest BCUT2D eigenvalue weighted by Crippen LogP contribution is 2.18. The molecule has 0 bridgehead atoms. The van der Waals surface area contributed by atoms with E-state index in [1.807, 2.05) is 12.1 Å². The zero-order valence-electron chi connectivity index (χ0n) is 9.35.